The molecule has 0 unspecified atom stereocenters. The van der Waals surface area contributed by atoms with Crippen molar-refractivity contribution in [3.05, 3.63) is 56.7 Å². The molecule has 0 radical (unpaired) electrons. The summed E-state index contributed by atoms with van der Waals surface area (Å²) in [5.41, 5.74) is -0.129. The molecule has 0 saturated heterocycles. The normalized spacial score (nSPS) is 11.5. The number of aromatic nitrogens is 2. The number of anilines is 1. The van der Waals surface area contributed by atoms with E-state index in [1.807, 2.05) is 0 Å². The summed E-state index contributed by atoms with van der Waals surface area (Å²) in [7, 11) is -0.309. The summed E-state index contributed by atoms with van der Waals surface area (Å²) >= 11 is 0. The van der Waals surface area contributed by atoms with E-state index in [4.69, 9.17) is 4.74 Å². The van der Waals surface area contributed by atoms with Gasteiger partial charge in [0, 0.05) is 33.0 Å². The summed E-state index contributed by atoms with van der Waals surface area (Å²) < 4.78 is 30.5. The number of hydrogen-bond acceptors (Lipinski definition) is 6. The highest BCUT2D eigenvalue weighted by atomic mass is 32.2. The molecule has 0 atom stereocenters. The molecule has 0 fully saturated rings. The predicted octanol–water partition coefficient (Wildman–Crippen LogP) is 0.0571. The lowest BCUT2D eigenvalue weighted by Gasteiger charge is -2.15. The number of hydrogen-bond donors (Lipinski definition) is 1. The number of sulfone groups is 1. The Kier molecular flexibility index (Phi) is 5.81. The van der Waals surface area contributed by atoms with Crippen molar-refractivity contribution in [2.24, 2.45) is 7.05 Å². The van der Waals surface area contributed by atoms with Crippen LogP contribution >= 0.6 is 0 Å². The molecule has 0 aliphatic carbocycles. The van der Waals surface area contributed by atoms with Crippen molar-refractivity contribution in [3.63, 3.8) is 0 Å². The lowest BCUT2D eigenvalue weighted by Crippen LogP contribution is -2.39. The number of ether oxygens (including phenoxy) is 1. The van der Waals surface area contributed by atoms with Crippen LogP contribution in [0.25, 0.3) is 0 Å². The predicted molar refractivity (Wildman–Crippen MR) is 95.0 cm³/mol. The maximum Gasteiger partial charge on any atom is 0.332 e. The molecule has 1 aromatic heterocycles. The van der Waals surface area contributed by atoms with Crippen LogP contribution in [0, 0.1) is 0 Å². The smallest absolute Gasteiger partial charge is 0.332 e. The Morgan fingerprint density at radius 3 is 2.36 bits per heavy atom. The van der Waals surface area contributed by atoms with Crippen molar-refractivity contribution in [1.82, 2.24) is 9.13 Å². The number of rotatable bonds is 7. The van der Waals surface area contributed by atoms with Crippen LogP contribution in [0.4, 0.5) is 5.82 Å². The molecule has 0 bridgehead atoms. The van der Waals surface area contributed by atoms with Gasteiger partial charge in [-0.15, -0.1) is 0 Å². The van der Waals surface area contributed by atoms with Gasteiger partial charge in [0.1, 0.15) is 5.82 Å². The van der Waals surface area contributed by atoms with E-state index in [9.17, 15) is 18.0 Å². The van der Waals surface area contributed by atoms with E-state index >= 15 is 0 Å². The molecule has 2 rings (SSSR count). The number of nitrogens with one attached hydrogen (secondary N) is 1. The molecule has 136 valence electrons. The number of nitrogens with zero attached hydrogens (tertiary/aromatic N) is 2. The molecule has 8 nitrogen and oxygen atoms in total. The highest BCUT2D eigenvalue weighted by Crippen LogP contribution is 2.12. The molecule has 0 amide bonds. The van der Waals surface area contributed by atoms with E-state index in [0.29, 0.717) is 19.0 Å². The van der Waals surface area contributed by atoms with E-state index in [-0.39, 0.29) is 11.4 Å². The Labute approximate surface area is 145 Å². The first-order valence-electron chi connectivity index (χ1n) is 7.56. The van der Waals surface area contributed by atoms with E-state index in [0.717, 1.165) is 16.4 Å². The minimum absolute atomic E-state index is 0.201. The Morgan fingerprint density at radius 1 is 1.16 bits per heavy atom. The first-order chi connectivity index (χ1) is 11.7. The van der Waals surface area contributed by atoms with Gasteiger partial charge in [0.15, 0.2) is 9.84 Å². The zero-order valence-electron chi connectivity index (χ0n) is 14.4. The Balaban J connectivity index is 2.39. The largest absolute Gasteiger partial charge is 0.383 e. The van der Waals surface area contributed by atoms with Crippen molar-refractivity contribution in [2.75, 3.05) is 31.8 Å². The highest BCUT2D eigenvalue weighted by molar-refractivity contribution is 7.90. The van der Waals surface area contributed by atoms with Crippen molar-refractivity contribution in [2.45, 2.75) is 11.4 Å². The fourth-order valence-corrected chi connectivity index (χ4v) is 2.91. The Hall–Kier alpha value is -2.39. The summed E-state index contributed by atoms with van der Waals surface area (Å²) in [5, 5.41) is 3.01. The van der Waals surface area contributed by atoms with E-state index < -0.39 is 21.1 Å². The molecule has 0 aliphatic rings. The van der Waals surface area contributed by atoms with Crippen molar-refractivity contribution in [1.29, 1.82) is 0 Å². The Morgan fingerprint density at radius 2 is 1.80 bits per heavy atom. The molecule has 1 N–H and O–H groups in total. The van der Waals surface area contributed by atoms with Crippen LogP contribution in [-0.2, 0) is 28.2 Å². The second-order valence-electron chi connectivity index (χ2n) is 5.63. The fraction of sp³-hybridized carbons (Fsp3) is 0.375. The van der Waals surface area contributed by atoms with Gasteiger partial charge in [-0.3, -0.25) is 13.9 Å². The zero-order chi connectivity index (χ0) is 18.6. The SMILES string of the molecule is COCCNc1cc(=O)n(C)c(=O)n1Cc1ccc(S(C)(=O)=O)cc1. The average Bonchev–Trinajstić information content (AvgIpc) is 2.56. The summed E-state index contributed by atoms with van der Waals surface area (Å²) in [6, 6.07) is 7.63. The van der Waals surface area contributed by atoms with E-state index in [1.165, 1.54) is 29.8 Å². The van der Waals surface area contributed by atoms with Gasteiger partial charge in [-0.25, -0.2) is 13.2 Å². The topological polar surface area (TPSA) is 99.4 Å². The van der Waals surface area contributed by atoms with E-state index in [1.54, 1.807) is 19.2 Å². The Bertz CT molecular complexity index is 959. The van der Waals surface area contributed by atoms with Crippen molar-refractivity contribution >= 4 is 15.7 Å². The molecule has 9 heteroatoms. The van der Waals surface area contributed by atoms with Gasteiger partial charge in [0.05, 0.1) is 18.0 Å². The molecular weight excluding hydrogens is 346 g/mol. The van der Waals surface area contributed by atoms with Crippen molar-refractivity contribution in [3.8, 4) is 0 Å². The van der Waals surface area contributed by atoms with Gasteiger partial charge in [0.2, 0.25) is 0 Å². The quantitative estimate of drug-likeness (QED) is 0.695. The van der Waals surface area contributed by atoms with Crippen LogP contribution in [0.2, 0.25) is 0 Å². The maximum absolute atomic E-state index is 12.4. The van der Waals surface area contributed by atoms with Gasteiger partial charge in [0.25, 0.3) is 5.56 Å². The van der Waals surface area contributed by atoms with Crippen LogP contribution in [-0.4, -0.2) is 44.1 Å². The maximum atomic E-state index is 12.4. The van der Waals surface area contributed by atoms with Gasteiger partial charge < -0.3 is 10.1 Å². The third kappa shape index (κ3) is 4.58. The van der Waals surface area contributed by atoms with Crippen molar-refractivity contribution < 1.29 is 13.2 Å². The lowest BCUT2D eigenvalue weighted by molar-refractivity contribution is 0.210. The second-order valence-corrected chi connectivity index (χ2v) is 7.65. The third-order valence-electron chi connectivity index (χ3n) is 3.70. The molecular formula is C16H21N3O5S. The van der Waals surface area contributed by atoms with Gasteiger partial charge in [-0.1, -0.05) is 12.1 Å². The number of methoxy groups -OCH3 is 1. The minimum atomic E-state index is -3.28. The first kappa shape index (κ1) is 18.9. The molecule has 0 aliphatic heterocycles. The van der Waals surface area contributed by atoms with Crippen LogP contribution in [0.1, 0.15) is 5.56 Å². The van der Waals surface area contributed by atoms with Gasteiger partial charge in [-0.05, 0) is 17.7 Å². The third-order valence-corrected chi connectivity index (χ3v) is 4.83. The summed E-state index contributed by atoms with van der Waals surface area (Å²) in [6.07, 6.45) is 1.14. The molecule has 0 spiro atoms. The molecule has 25 heavy (non-hydrogen) atoms. The second kappa shape index (κ2) is 7.66. The lowest BCUT2D eigenvalue weighted by atomic mass is 10.2. The summed E-state index contributed by atoms with van der Waals surface area (Å²) in [5.74, 6) is 0.386. The van der Waals surface area contributed by atoms with Crippen LogP contribution in [0.15, 0.2) is 44.8 Å². The van der Waals surface area contributed by atoms with Crippen LogP contribution in [0.3, 0.4) is 0 Å². The first-order valence-corrected chi connectivity index (χ1v) is 9.46. The summed E-state index contributed by atoms with van der Waals surface area (Å²) in [4.78, 5) is 24.5. The standard InChI is InChI=1S/C16H21N3O5S/c1-18-15(20)10-14(17-8-9-24-2)19(16(18)21)11-12-4-6-13(7-5-12)25(3,22)23/h4-7,10,17H,8-9,11H2,1-3H3. The van der Waals surface area contributed by atoms with Gasteiger partial charge in [-0.2, -0.15) is 0 Å². The highest BCUT2D eigenvalue weighted by Gasteiger charge is 2.11. The molecule has 2 aromatic rings. The van der Waals surface area contributed by atoms with Crippen LogP contribution in [0.5, 0.6) is 0 Å². The van der Waals surface area contributed by atoms with E-state index in [2.05, 4.69) is 5.32 Å². The fourth-order valence-electron chi connectivity index (χ4n) is 2.28. The molecule has 1 aromatic carbocycles. The molecule has 0 saturated carbocycles. The summed E-state index contributed by atoms with van der Waals surface area (Å²) in [6.45, 7) is 1.06. The van der Waals surface area contributed by atoms with Crippen LogP contribution < -0.4 is 16.6 Å². The average molecular weight is 367 g/mol. The zero-order valence-corrected chi connectivity index (χ0v) is 15.2. The number of benzene rings is 1. The monoisotopic (exact) mass is 367 g/mol. The van der Waals surface area contributed by atoms with Gasteiger partial charge >= 0.3 is 5.69 Å². The minimum Gasteiger partial charge on any atom is -0.383 e. The molecule has 1 heterocycles.